The van der Waals surface area contributed by atoms with Crippen molar-refractivity contribution in [2.75, 3.05) is 61.2 Å². The van der Waals surface area contributed by atoms with Crippen molar-refractivity contribution in [2.24, 2.45) is 5.10 Å². The predicted molar refractivity (Wildman–Crippen MR) is 148 cm³/mol. The van der Waals surface area contributed by atoms with Gasteiger partial charge in [-0.1, -0.05) is 18.2 Å². The van der Waals surface area contributed by atoms with E-state index in [0.29, 0.717) is 54.7 Å². The number of hydrogen-bond donors (Lipinski definition) is 1. The molecule has 2 aromatic carbocycles. The number of hydrazone groups is 1. The molecular formula is C28H34FN7O3. The van der Waals surface area contributed by atoms with E-state index in [9.17, 15) is 4.39 Å². The third-order valence-corrected chi connectivity index (χ3v) is 6.53. The summed E-state index contributed by atoms with van der Waals surface area (Å²) in [5, 5.41) is 4.38. The average molecular weight is 536 g/mol. The topological polar surface area (TPSA) is 97.2 Å². The Hall–Kier alpha value is -3.99. The van der Waals surface area contributed by atoms with Crippen molar-refractivity contribution in [1.29, 1.82) is 0 Å². The van der Waals surface area contributed by atoms with Gasteiger partial charge in [-0.3, -0.25) is 0 Å². The fraction of sp³-hybridized carbons (Fsp3) is 0.429. The van der Waals surface area contributed by atoms with E-state index in [1.165, 1.54) is 12.5 Å². The fourth-order valence-electron chi connectivity index (χ4n) is 4.47. The van der Waals surface area contributed by atoms with Crippen molar-refractivity contribution in [3.8, 4) is 11.5 Å². The largest absolute Gasteiger partial charge is 0.490 e. The van der Waals surface area contributed by atoms with Gasteiger partial charge in [0.15, 0.2) is 11.5 Å². The van der Waals surface area contributed by atoms with Crippen molar-refractivity contribution >= 4 is 24.1 Å². The molecule has 0 aliphatic carbocycles. The summed E-state index contributed by atoms with van der Waals surface area (Å²) in [6.07, 6.45) is 5.15. The second-order valence-electron chi connectivity index (χ2n) is 9.30. The van der Waals surface area contributed by atoms with Crippen LogP contribution in [0.5, 0.6) is 11.5 Å². The molecule has 10 nitrogen and oxygen atoms in total. The number of nitrogens with one attached hydrogen (secondary N) is 1. The number of morpholine rings is 1. The Morgan fingerprint density at radius 1 is 0.923 bits per heavy atom. The highest BCUT2D eigenvalue weighted by Gasteiger charge is 2.20. The quantitative estimate of drug-likeness (QED) is 0.302. The monoisotopic (exact) mass is 535 g/mol. The van der Waals surface area contributed by atoms with Gasteiger partial charge in [0.2, 0.25) is 17.8 Å². The van der Waals surface area contributed by atoms with Gasteiger partial charge in [-0.2, -0.15) is 20.1 Å². The minimum absolute atomic E-state index is 0.103. The third kappa shape index (κ3) is 7.11. The molecule has 0 bridgehead atoms. The van der Waals surface area contributed by atoms with Crippen LogP contribution < -0.4 is 24.7 Å². The highest BCUT2D eigenvalue weighted by Crippen LogP contribution is 2.29. The van der Waals surface area contributed by atoms with Gasteiger partial charge in [-0.15, -0.1) is 0 Å². The summed E-state index contributed by atoms with van der Waals surface area (Å²) < 4.78 is 31.1. The number of halogens is 1. The van der Waals surface area contributed by atoms with E-state index in [0.717, 1.165) is 44.6 Å². The molecule has 3 aromatic rings. The molecule has 2 saturated heterocycles. The lowest BCUT2D eigenvalue weighted by molar-refractivity contribution is 0.122. The zero-order valence-electron chi connectivity index (χ0n) is 22.2. The molecule has 1 N–H and O–H groups in total. The van der Waals surface area contributed by atoms with Crippen LogP contribution in [0, 0.1) is 5.82 Å². The first-order chi connectivity index (χ1) is 19.2. The van der Waals surface area contributed by atoms with Crippen molar-refractivity contribution in [2.45, 2.75) is 32.8 Å². The van der Waals surface area contributed by atoms with Crippen LogP contribution in [0.4, 0.5) is 22.2 Å². The van der Waals surface area contributed by atoms with Gasteiger partial charge in [0.05, 0.1) is 26.0 Å². The van der Waals surface area contributed by atoms with E-state index >= 15 is 0 Å². The number of benzene rings is 2. The highest BCUT2D eigenvalue weighted by molar-refractivity contribution is 5.81. The Bertz CT molecular complexity index is 1230. The van der Waals surface area contributed by atoms with E-state index in [1.54, 1.807) is 30.5 Å². The van der Waals surface area contributed by atoms with Crippen molar-refractivity contribution in [1.82, 2.24) is 15.0 Å². The zero-order valence-corrected chi connectivity index (χ0v) is 22.2. The summed E-state index contributed by atoms with van der Waals surface area (Å²) in [7, 11) is 0. The van der Waals surface area contributed by atoms with Crippen molar-refractivity contribution in [3.05, 3.63) is 59.4 Å². The van der Waals surface area contributed by atoms with Crippen LogP contribution in [0.1, 0.15) is 37.3 Å². The number of aromatic nitrogens is 3. The van der Waals surface area contributed by atoms with Crippen LogP contribution in [0.3, 0.4) is 0 Å². The molecule has 5 rings (SSSR count). The minimum Gasteiger partial charge on any atom is -0.490 e. The number of anilines is 3. The molecule has 2 fully saturated rings. The summed E-state index contributed by atoms with van der Waals surface area (Å²) in [4.78, 5) is 18.4. The SMILES string of the molecule is CCOc1cc(/C=N/Nc2nc(N3CCCCC3)nc(N3CCOCC3)n2)ccc1OCc1ccccc1F. The third-order valence-electron chi connectivity index (χ3n) is 6.53. The molecule has 2 aliphatic rings. The Morgan fingerprint density at radius 2 is 1.67 bits per heavy atom. The molecule has 0 spiro atoms. The van der Waals surface area contributed by atoms with Crippen molar-refractivity contribution in [3.63, 3.8) is 0 Å². The van der Waals surface area contributed by atoms with Gasteiger partial charge in [0.1, 0.15) is 12.4 Å². The highest BCUT2D eigenvalue weighted by atomic mass is 19.1. The van der Waals surface area contributed by atoms with Crippen LogP contribution in [0.15, 0.2) is 47.6 Å². The van der Waals surface area contributed by atoms with E-state index in [2.05, 4.69) is 30.3 Å². The summed E-state index contributed by atoms with van der Waals surface area (Å²) in [5.41, 5.74) is 4.25. The summed E-state index contributed by atoms with van der Waals surface area (Å²) >= 11 is 0. The normalized spacial score (nSPS) is 15.9. The van der Waals surface area contributed by atoms with E-state index < -0.39 is 0 Å². The second-order valence-corrected chi connectivity index (χ2v) is 9.30. The maximum Gasteiger partial charge on any atom is 0.250 e. The molecular weight excluding hydrogens is 501 g/mol. The lowest BCUT2D eigenvalue weighted by Crippen LogP contribution is -2.38. The summed E-state index contributed by atoms with van der Waals surface area (Å²) in [5.74, 6) is 2.46. The second kappa shape index (κ2) is 13.2. The molecule has 206 valence electrons. The Labute approximate surface area is 227 Å². The first kappa shape index (κ1) is 26.6. The number of piperidine rings is 1. The van der Waals surface area contributed by atoms with Crippen LogP contribution in [-0.4, -0.2) is 67.2 Å². The van der Waals surface area contributed by atoms with Crippen molar-refractivity contribution < 1.29 is 18.6 Å². The maximum atomic E-state index is 14.0. The lowest BCUT2D eigenvalue weighted by atomic mass is 10.1. The first-order valence-corrected chi connectivity index (χ1v) is 13.5. The van der Waals surface area contributed by atoms with Gasteiger partial charge in [0, 0.05) is 31.7 Å². The summed E-state index contributed by atoms with van der Waals surface area (Å²) in [6, 6.07) is 12.0. The molecule has 0 saturated carbocycles. The van der Waals surface area contributed by atoms with Crippen LogP contribution in [0.2, 0.25) is 0 Å². The van der Waals surface area contributed by atoms with Crippen LogP contribution >= 0.6 is 0 Å². The average Bonchev–Trinajstić information content (AvgIpc) is 2.98. The lowest BCUT2D eigenvalue weighted by Gasteiger charge is -2.30. The zero-order chi connectivity index (χ0) is 26.9. The van der Waals surface area contributed by atoms with Crippen LogP contribution in [-0.2, 0) is 11.3 Å². The molecule has 0 radical (unpaired) electrons. The Balaban J connectivity index is 1.30. The molecule has 0 atom stereocenters. The maximum absolute atomic E-state index is 14.0. The van der Waals surface area contributed by atoms with Crippen LogP contribution in [0.25, 0.3) is 0 Å². The van der Waals surface area contributed by atoms with Gasteiger partial charge in [-0.05, 0) is 56.0 Å². The number of rotatable bonds is 10. The number of hydrogen-bond acceptors (Lipinski definition) is 10. The van der Waals surface area contributed by atoms with E-state index in [1.807, 2.05) is 19.1 Å². The van der Waals surface area contributed by atoms with E-state index in [4.69, 9.17) is 19.2 Å². The molecule has 3 heterocycles. The van der Waals surface area contributed by atoms with Gasteiger partial charge in [-0.25, -0.2) is 9.82 Å². The van der Waals surface area contributed by atoms with Gasteiger partial charge >= 0.3 is 0 Å². The number of ether oxygens (including phenoxy) is 3. The molecule has 1 aromatic heterocycles. The molecule has 11 heteroatoms. The summed E-state index contributed by atoms with van der Waals surface area (Å²) in [6.45, 7) is 7.09. The van der Waals surface area contributed by atoms with E-state index in [-0.39, 0.29) is 12.4 Å². The standard InChI is InChI=1S/C28H34FN7O3/c1-2-38-25-18-21(10-11-24(25)39-20-22-8-4-5-9-23(22)29)19-30-34-26-31-27(35-12-6-3-7-13-35)33-28(32-26)36-14-16-37-17-15-36/h4-5,8-11,18-19H,2-3,6-7,12-17,20H2,1H3,(H,31,32,33,34)/b30-19+. The molecule has 39 heavy (non-hydrogen) atoms. The van der Waals surface area contributed by atoms with Gasteiger partial charge in [0.25, 0.3) is 0 Å². The smallest absolute Gasteiger partial charge is 0.250 e. The first-order valence-electron chi connectivity index (χ1n) is 13.5. The molecule has 0 amide bonds. The Morgan fingerprint density at radius 3 is 2.41 bits per heavy atom. The minimum atomic E-state index is -0.302. The molecule has 2 aliphatic heterocycles. The number of nitrogens with zero attached hydrogens (tertiary/aromatic N) is 6. The predicted octanol–water partition coefficient (Wildman–Crippen LogP) is 4.26. The molecule has 0 unspecified atom stereocenters. The Kier molecular flexibility index (Phi) is 9.00. The fourth-order valence-corrected chi connectivity index (χ4v) is 4.47. The van der Waals surface area contributed by atoms with Gasteiger partial charge < -0.3 is 24.0 Å².